The average molecular weight is 428 g/mol. The van der Waals surface area contributed by atoms with E-state index in [0.717, 1.165) is 57.3 Å². The molecule has 0 amide bonds. The van der Waals surface area contributed by atoms with Crippen LogP contribution >= 0.6 is 12.2 Å². The molecule has 0 radical (unpaired) electrons. The van der Waals surface area contributed by atoms with Crippen LogP contribution in [-0.4, -0.2) is 87.4 Å². The van der Waals surface area contributed by atoms with Crippen LogP contribution < -0.4 is 10.1 Å². The number of hydrogen-bond acceptors (Lipinski definition) is 6. The number of nitrogens with zero attached hydrogens (tertiary/aromatic N) is 2. The van der Waals surface area contributed by atoms with Gasteiger partial charge < -0.3 is 19.7 Å². The van der Waals surface area contributed by atoms with Gasteiger partial charge in [0.05, 0.1) is 31.8 Å². The lowest BCUT2D eigenvalue weighted by atomic mass is 10.2. The van der Waals surface area contributed by atoms with E-state index in [4.69, 9.17) is 21.7 Å². The van der Waals surface area contributed by atoms with Gasteiger partial charge in [0.2, 0.25) is 0 Å². The summed E-state index contributed by atoms with van der Waals surface area (Å²) in [6, 6.07) is 7.50. The predicted molar refractivity (Wildman–Crippen MR) is 115 cm³/mol. The Labute approximate surface area is 172 Å². The van der Waals surface area contributed by atoms with Crippen molar-refractivity contribution in [1.82, 2.24) is 9.80 Å². The van der Waals surface area contributed by atoms with E-state index in [0.29, 0.717) is 11.5 Å². The summed E-state index contributed by atoms with van der Waals surface area (Å²) in [5, 5.41) is 3.83. The van der Waals surface area contributed by atoms with Crippen molar-refractivity contribution >= 4 is 32.9 Å². The van der Waals surface area contributed by atoms with Gasteiger partial charge in [-0.15, -0.1) is 0 Å². The first-order valence-electron chi connectivity index (χ1n) is 9.69. The fourth-order valence-electron chi connectivity index (χ4n) is 3.66. The van der Waals surface area contributed by atoms with Gasteiger partial charge in [0.1, 0.15) is 5.75 Å². The van der Waals surface area contributed by atoms with Crippen molar-refractivity contribution in [3.05, 3.63) is 24.3 Å². The molecular weight excluding hydrogens is 398 g/mol. The number of benzene rings is 1. The fraction of sp³-hybridized carbons (Fsp3) is 0.632. The minimum atomic E-state index is -2.98. The number of hydrogen-bond donors (Lipinski definition) is 1. The van der Waals surface area contributed by atoms with Crippen molar-refractivity contribution in [1.29, 1.82) is 0 Å². The first-order chi connectivity index (χ1) is 13.5. The molecule has 2 fully saturated rings. The summed E-state index contributed by atoms with van der Waals surface area (Å²) in [6.07, 6.45) is 1.55. The normalized spacial score (nSPS) is 22.0. The van der Waals surface area contributed by atoms with Gasteiger partial charge in [0, 0.05) is 44.0 Å². The molecule has 0 aliphatic carbocycles. The molecule has 7 nitrogen and oxygen atoms in total. The lowest BCUT2D eigenvalue weighted by Gasteiger charge is -2.33. The largest absolute Gasteiger partial charge is 0.497 e. The summed E-state index contributed by atoms with van der Waals surface area (Å²) >= 11 is 5.66. The number of nitrogens with one attached hydrogen (secondary N) is 1. The van der Waals surface area contributed by atoms with Crippen molar-refractivity contribution in [2.45, 2.75) is 18.9 Å². The Morgan fingerprint density at radius 3 is 2.86 bits per heavy atom. The molecule has 0 bridgehead atoms. The zero-order chi connectivity index (χ0) is 20.0. The third-order valence-electron chi connectivity index (χ3n) is 5.21. The van der Waals surface area contributed by atoms with Gasteiger partial charge in [0.15, 0.2) is 14.9 Å². The molecule has 0 aromatic heterocycles. The SMILES string of the molecule is COc1cccc(NC(=S)N(CCCN2CCOCC2)[C@H]2CCS(=O)(=O)C2)c1. The predicted octanol–water partition coefficient (Wildman–Crippen LogP) is 1.60. The molecule has 1 aromatic carbocycles. The second kappa shape index (κ2) is 9.87. The van der Waals surface area contributed by atoms with E-state index in [1.54, 1.807) is 7.11 Å². The molecule has 2 saturated heterocycles. The number of thiocarbonyl (C=S) groups is 1. The molecule has 1 aromatic rings. The fourth-order valence-corrected chi connectivity index (χ4v) is 5.75. The number of methoxy groups -OCH3 is 1. The highest BCUT2D eigenvalue weighted by Gasteiger charge is 2.33. The van der Waals surface area contributed by atoms with Gasteiger partial charge >= 0.3 is 0 Å². The Morgan fingerprint density at radius 2 is 2.18 bits per heavy atom. The number of morpholine rings is 1. The van der Waals surface area contributed by atoms with E-state index < -0.39 is 9.84 Å². The number of sulfone groups is 1. The maximum atomic E-state index is 12.0. The summed E-state index contributed by atoms with van der Waals surface area (Å²) in [5.41, 5.74) is 0.836. The number of ether oxygens (including phenoxy) is 2. The van der Waals surface area contributed by atoms with Gasteiger partial charge in [-0.2, -0.15) is 0 Å². The quantitative estimate of drug-likeness (QED) is 0.658. The lowest BCUT2D eigenvalue weighted by molar-refractivity contribution is 0.0366. The molecular formula is C19H29N3O4S2. The molecule has 0 saturated carbocycles. The van der Waals surface area contributed by atoms with Gasteiger partial charge in [0.25, 0.3) is 0 Å². The minimum Gasteiger partial charge on any atom is -0.497 e. The molecule has 2 aliphatic heterocycles. The molecule has 156 valence electrons. The van der Waals surface area contributed by atoms with E-state index >= 15 is 0 Å². The number of anilines is 1. The highest BCUT2D eigenvalue weighted by atomic mass is 32.2. The second-order valence-corrected chi connectivity index (χ2v) is 9.84. The molecule has 0 spiro atoms. The van der Waals surface area contributed by atoms with Crippen LogP contribution in [0.25, 0.3) is 0 Å². The first kappa shape index (κ1) is 21.3. The van der Waals surface area contributed by atoms with Gasteiger partial charge in [-0.3, -0.25) is 4.90 Å². The van der Waals surface area contributed by atoms with Gasteiger partial charge in [-0.25, -0.2) is 8.42 Å². The van der Waals surface area contributed by atoms with Crippen LogP contribution in [0.3, 0.4) is 0 Å². The first-order valence-corrected chi connectivity index (χ1v) is 11.9. The molecule has 2 aliphatic rings. The van der Waals surface area contributed by atoms with Crippen LogP contribution in [0.5, 0.6) is 5.75 Å². The third kappa shape index (κ3) is 6.04. The summed E-state index contributed by atoms with van der Waals surface area (Å²) < 4.78 is 34.7. The summed E-state index contributed by atoms with van der Waals surface area (Å²) in [7, 11) is -1.36. The Bertz CT molecular complexity index is 766. The standard InChI is InChI=1S/C19H29N3O4S2/c1-25-18-5-2-4-16(14-18)20-19(27)22(17-6-13-28(23,24)15-17)8-3-7-21-9-11-26-12-10-21/h2,4-5,14,17H,3,6-13,15H2,1H3,(H,20,27)/t17-/m0/s1. The summed E-state index contributed by atoms with van der Waals surface area (Å²) in [6.45, 7) is 5.14. The van der Waals surface area contributed by atoms with Crippen LogP contribution in [0, 0.1) is 0 Å². The van der Waals surface area contributed by atoms with Gasteiger partial charge in [-0.05, 0) is 37.2 Å². The van der Waals surface area contributed by atoms with Crippen molar-refractivity contribution in [3.8, 4) is 5.75 Å². The average Bonchev–Trinajstić information content (AvgIpc) is 3.05. The highest BCUT2D eigenvalue weighted by Crippen LogP contribution is 2.21. The Morgan fingerprint density at radius 1 is 1.39 bits per heavy atom. The Kier molecular flexibility index (Phi) is 7.50. The molecule has 1 N–H and O–H groups in total. The van der Waals surface area contributed by atoms with Crippen LogP contribution in [-0.2, 0) is 14.6 Å². The van der Waals surface area contributed by atoms with Crippen LogP contribution in [0.15, 0.2) is 24.3 Å². The Balaban J connectivity index is 1.63. The van der Waals surface area contributed by atoms with Gasteiger partial charge in [-0.1, -0.05) is 6.07 Å². The zero-order valence-corrected chi connectivity index (χ0v) is 17.9. The van der Waals surface area contributed by atoms with E-state index in [9.17, 15) is 8.42 Å². The molecule has 1 atom stereocenters. The Hall–Kier alpha value is -1.42. The maximum Gasteiger partial charge on any atom is 0.173 e. The summed E-state index contributed by atoms with van der Waals surface area (Å²) in [5.74, 6) is 1.15. The smallest absolute Gasteiger partial charge is 0.173 e. The monoisotopic (exact) mass is 427 g/mol. The van der Waals surface area contributed by atoms with Crippen molar-refractivity contribution < 1.29 is 17.9 Å². The van der Waals surface area contributed by atoms with Crippen molar-refractivity contribution in [2.24, 2.45) is 0 Å². The van der Waals surface area contributed by atoms with E-state index in [-0.39, 0.29) is 17.5 Å². The van der Waals surface area contributed by atoms with Crippen LogP contribution in [0.2, 0.25) is 0 Å². The van der Waals surface area contributed by atoms with Crippen LogP contribution in [0.1, 0.15) is 12.8 Å². The summed E-state index contributed by atoms with van der Waals surface area (Å²) in [4.78, 5) is 4.44. The zero-order valence-electron chi connectivity index (χ0n) is 16.3. The molecule has 2 heterocycles. The highest BCUT2D eigenvalue weighted by molar-refractivity contribution is 7.91. The van der Waals surface area contributed by atoms with E-state index in [1.807, 2.05) is 24.3 Å². The maximum absolute atomic E-state index is 12.0. The molecule has 3 rings (SSSR count). The third-order valence-corrected chi connectivity index (χ3v) is 7.30. The van der Waals surface area contributed by atoms with E-state index in [2.05, 4.69) is 15.1 Å². The van der Waals surface area contributed by atoms with Crippen molar-refractivity contribution in [2.75, 3.05) is 63.3 Å². The molecule has 0 unspecified atom stereocenters. The topological polar surface area (TPSA) is 71.1 Å². The molecule has 9 heteroatoms. The molecule has 28 heavy (non-hydrogen) atoms. The number of rotatable bonds is 7. The minimum absolute atomic E-state index is 0.0692. The second-order valence-electron chi connectivity index (χ2n) is 7.22. The van der Waals surface area contributed by atoms with Crippen molar-refractivity contribution in [3.63, 3.8) is 0 Å². The van der Waals surface area contributed by atoms with E-state index in [1.165, 1.54) is 0 Å². The van der Waals surface area contributed by atoms with Crippen LogP contribution in [0.4, 0.5) is 5.69 Å². The lowest BCUT2D eigenvalue weighted by Crippen LogP contribution is -2.45.